The van der Waals surface area contributed by atoms with E-state index in [0.29, 0.717) is 17.9 Å². The summed E-state index contributed by atoms with van der Waals surface area (Å²) in [4.78, 5) is 11.1. The van der Waals surface area contributed by atoms with Gasteiger partial charge < -0.3 is 20.3 Å². The molecular weight excluding hydrogens is 428 g/mol. The minimum absolute atomic E-state index is 0.0347. The van der Waals surface area contributed by atoms with Crippen molar-refractivity contribution < 1.29 is 19.7 Å². The number of carbonyl (C=O) groups is 1. The number of rotatable bonds is 10. The number of benzene rings is 3. The van der Waals surface area contributed by atoms with E-state index in [2.05, 4.69) is 36.5 Å². The summed E-state index contributed by atoms with van der Waals surface area (Å²) in [6.07, 6.45) is 2.38. The van der Waals surface area contributed by atoms with Crippen LogP contribution >= 0.6 is 0 Å². The third-order valence-corrected chi connectivity index (χ3v) is 6.35. The molecule has 1 saturated carbocycles. The molecule has 1 fully saturated rings. The van der Waals surface area contributed by atoms with Gasteiger partial charge in [-0.25, -0.2) is 4.79 Å². The largest absolute Gasteiger partial charge is 0.489 e. The zero-order valence-corrected chi connectivity index (χ0v) is 19.1. The molecule has 1 atom stereocenters. The molecule has 0 amide bonds. The minimum atomic E-state index is -0.982. The van der Waals surface area contributed by atoms with Gasteiger partial charge in [0.25, 0.3) is 0 Å². The van der Waals surface area contributed by atoms with Crippen LogP contribution in [-0.4, -0.2) is 41.0 Å². The standard InChI is InChI=1S/C28H28N2O4/c1-19-4-2-3-5-23(19)15-28(12-13-28)30-17-25(31)18-34-26-14-22(10-11-24(26)16-29)20-6-8-21(9-7-20)27(32)33/h2-11,14,25,30-31H,12-13,15,17-18H2,1H3,(H,32,33). The maximum absolute atomic E-state index is 11.1. The van der Waals surface area contributed by atoms with Gasteiger partial charge >= 0.3 is 5.97 Å². The summed E-state index contributed by atoms with van der Waals surface area (Å²) in [7, 11) is 0. The molecule has 6 nitrogen and oxygen atoms in total. The number of carboxylic acid groups (broad SMARTS) is 1. The number of nitrogens with one attached hydrogen (secondary N) is 1. The maximum Gasteiger partial charge on any atom is 0.335 e. The first kappa shape index (κ1) is 23.5. The topological polar surface area (TPSA) is 103 Å². The number of ether oxygens (including phenoxy) is 1. The molecule has 0 aromatic heterocycles. The Kier molecular flexibility index (Phi) is 6.97. The number of nitriles is 1. The molecule has 6 heteroatoms. The lowest BCUT2D eigenvalue weighted by Crippen LogP contribution is -2.41. The number of aliphatic hydroxyl groups is 1. The van der Waals surface area contributed by atoms with Gasteiger partial charge in [0.05, 0.1) is 11.1 Å². The lowest BCUT2D eigenvalue weighted by Gasteiger charge is -2.21. The van der Waals surface area contributed by atoms with Crippen molar-refractivity contribution in [3.8, 4) is 22.9 Å². The fourth-order valence-corrected chi connectivity index (χ4v) is 4.04. The first-order valence-corrected chi connectivity index (χ1v) is 11.4. The van der Waals surface area contributed by atoms with Crippen LogP contribution in [0.25, 0.3) is 11.1 Å². The summed E-state index contributed by atoms with van der Waals surface area (Å²) in [6.45, 7) is 2.59. The summed E-state index contributed by atoms with van der Waals surface area (Å²) in [5.41, 5.74) is 4.84. The van der Waals surface area contributed by atoms with Gasteiger partial charge in [0.1, 0.15) is 24.5 Å². The average Bonchev–Trinajstić information content (AvgIpc) is 3.62. The molecule has 34 heavy (non-hydrogen) atoms. The lowest BCUT2D eigenvalue weighted by atomic mass is 9.99. The Labute approximate surface area is 199 Å². The molecule has 0 heterocycles. The van der Waals surface area contributed by atoms with Crippen LogP contribution in [0.3, 0.4) is 0 Å². The van der Waals surface area contributed by atoms with Gasteiger partial charge in [-0.1, -0.05) is 42.5 Å². The van der Waals surface area contributed by atoms with Crippen LogP contribution < -0.4 is 10.1 Å². The predicted molar refractivity (Wildman–Crippen MR) is 130 cm³/mol. The molecule has 1 aliphatic rings. The smallest absolute Gasteiger partial charge is 0.335 e. The molecule has 3 N–H and O–H groups in total. The van der Waals surface area contributed by atoms with E-state index >= 15 is 0 Å². The third kappa shape index (κ3) is 5.63. The van der Waals surface area contributed by atoms with Crippen LogP contribution in [0.4, 0.5) is 0 Å². The fourth-order valence-electron chi connectivity index (χ4n) is 4.04. The van der Waals surface area contributed by atoms with Gasteiger partial charge in [-0.3, -0.25) is 0 Å². The van der Waals surface area contributed by atoms with E-state index in [1.165, 1.54) is 23.3 Å². The Morgan fingerprint density at radius 2 is 1.82 bits per heavy atom. The second-order valence-corrected chi connectivity index (χ2v) is 8.93. The number of aliphatic hydroxyl groups excluding tert-OH is 1. The van der Waals surface area contributed by atoms with Gasteiger partial charge in [-0.2, -0.15) is 5.26 Å². The van der Waals surface area contributed by atoms with Crippen LogP contribution in [0.1, 0.15) is 39.9 Å². The van der Waals surface area contributed by atoms with Crippen molar-refractivity contribution in [2.45, 2.75) is 37.8 Å². The minimum Gasteiger partial charge on any atom is -0.489 e. The monoisotopic (exact) mass is 456 g/mol. The van der Waals surface area contributed by atoms with E-state index in [-0.39, 0.29) is 17.7 Å². The quantitative estimate of drug-likeness (QED) is 0.420. The third-order valence-electron chi connectivity index (χ3n) is 6.35. The van der Waals surface area contributed by atoms with E-state index in [1.807, 2.05) is 6.07 Å². The SMILES string of the molecule is Cc1ccccc1CC1(NCC(O)COc2cc(-c3ccc(C(=O)O)cc3)ccc2C#N)CC1. The molecular formula is C28H28N2O4. The summed E-state index contributed by atoms with van der Waals surface area (Å²) < 4.78 is 5.83. The molecule has 0 radical (unpaired) electrons. The Bertz CT molecular complexity index is 1210. The zero-order valence-electron chi connectivity index (χ0n) is 19.1. The van der Waals surface area contributed by atoms with Gasteiger partial charge in [0.2, 0.25) is 0 Å². The first-order valence-electron chi connectivity index (χ1n) is 11.4. The lowest BCUT2D eigenvalue weighted by molar-refractivity contribution is 0.0697. The van der Waals surface area contributed by atoms with Crippen molar-refractivity contribution in [2.24, 2.45) is 0 Å². The average molecular weight is 457 g/mol. The number of aromatic carboxylic acids is 1. The number of hydrogen-bond acceptors (Lipinski definition) is 5. The predicted octanol–water partition coefficient (Wildman–Crippen LogP) is 4.34. The highest BCUT2D eigenvalue weighted by Crippen LogP contribution is 2.39. The van der Waals surface area contributed by atoms with E-state index in [1.54, 1.807) is 30.3 Å². The number of carboxylic acids is 1. The van der Waals surface area contributed by atoms with Crippen molar-refractivity contribution in [1.29, 1.82) is 5.26 Å². The van der Waals surface area contributed by atoms with Crippen LogP contribution in [-0.2, 0) is 6.42 Å². The van der Waals surface area contributed by atoms with Gasteiger partial charge in [-0.05, 0) is 72.7 Å². The molecule has 3 aromatic rings. The highest BCUT2D eigenvalue weighted by Gasteiger charge is 2.42. The molecule has 174 valence electrons. The molecule has 0 aliphatic heterocycles. The second kappa shape index (κ2) is 10.1. The summed E-state index contributed by atoms with van der Waals surface area (Å²) in [6, 6.07) is 22.2. The number of aryl methyl sites for hydroxylation is 1. The summed E-state index contributed by atoms with van der Waals surface area (Å²) >= 11 is 0. The van der Waals surface area contributed by atoms with E-state index < -0.39 is 12.1 Å². The van der Waals surface area contributed by atoms with Crippen molar-refractivity contribution in [2.75, 3.05) is 13.2 Å². The molecule has 0 saturated heterocycles. The number of hydrogen-bond donors (Lipinski definition) is 3. The molecule has 0 bridgehead atoms. The zero-order chi connectivity index (χ0) is 24.1. The van der Waals surface area contributed by atoms with E-state index in [4.69, 9.17) is 9.84 Å². The molecule has 3 aromatic carbocycles. The van der Waals surface area contributed by atoms with Gasteiger partial charge in [-0.15, -0.1) is 0 Å². The maximum atomic E-state index is 11.1. The normalized spacial score (nSPS) is 14.7. The molecule has 4 rings (SSSR count). The van der Waals surface area contributed by atoms with Crippen LogP contribution in [0.2, 0.25) is 0 Å². The summed E-state index contributed by atoms with van der Waals surface area (Å²) in [5, 5.41) is 32.6. The fraction of sp³-hybridized carbons (Fsp3) is 0.286. The van der Waals surface area contributed by atoms with E-state index in [9.17, 15) is 15.2 Å². The van der Waals surface area contributed by atoms with Crippen LogP contribution in [0, 0.1) is 18.3 Å². The Morgan fingerprint density at radius 1 is 1.12 bits per heavy atom. The van der Waals surface area contributed by atoms with Crippen molar-refractivity contribution in [3.63, 3.8) is 0 Å². The second-order valence-electron chi connectivity index (χ2n) is 8.93. The highest BCUT2D eigenvalue weighted by molar-refractivity contribution is 5.88. The summed E-state index contributed by atoms with van der Waals surface area (Å²) in [5.74, 6) is -0.590. The van der Waals surface area contributed by atoms with Gasteiger partial charge in [0, 0.05) is 12.1 Å². The molecule has 1 unspecified atom stereocenters. The molecule has 0 spiro atoms. The van der Waals surface area contributed by atoms with Gasteiger partial charge in [0.15, 0.2) is 0 Å². The number of nitrogens with zero attached hydrogens (tertiary/aromatic N) is 1. The van der Waals surface area contributed by atoms with Crippen molar-refractivity contribution >= 4 is 5.97 Å². The Hall–Kier alpha value is -3.66. The Balaban J connectivity index is 1.36. The van der Waals surface area contributed by atoms with Crippen molar-refractivity contribution in [1.82, 2.24) is 5.32 Å². The highest BCUT2D eigenvalue weighted by atomic mass is 16.5. The Morgan fingerprint density at radius 3 is 2.47 bits per heavy atom. The van der Waals surface area contributed by atoms with E-state index in [0.717, 1.165) is 30.4 Å². The van der Waals surface area contributed by atoms with Crippen molar-refractivity contribution in [3.05, 3.63) is 89.0 Å². The first-order chi connectivity index (χ1) is 16.4. The van der Waals surface area contributed by atoms with Crippen LogP contribution in [0.5, 0.6) is 5.75 Å². The number of β-amino-alcohol motifs (C(OH)–C–C–N with tert-alkyl or cyclic N) is 1. The van der Waals surface area contributed by atoms with Crippen LogP contribution in [0.15, 0.2) is 66.7 Å². The molecule has 1 aliphatic carbocycles.